The molecule has 286 valence electrons. The van der Waals surface area contributed by atoms with Gasteiger partial charge < -0.3 is 13.3 Å². The quantitative estimate of drug-likeness (QED) is 0.0276. The maximum absolute atomic E-state index is 10.0. The van der Waals surface area contributed by atoms with Crippen molar-refractivity contribution in [3.63, 3.8) is 0 Å². The highest BCUT2D eigenvalue weighted by Crippen LogP contribution is 2.21. The lowest BCUT2D eigenvalue weighted by Gasteiger charge is -2.28. The van der Waals surface area contributed by atoms with Gasteiger partial charge in [0.2, 0.25) is 6.08 Å². The molecule has 0 saturated heterocycles. The lowest BCUT2D eigenvalue weighted by Crippen LogP contribution is -2.45. The van der Waals surface area contributed by atoms with E-state index >= 15 is 0 Å². The Hall–Kier alpha value is -0.523. The van der Waals surface area contributed by atoms with E-state index in [1.54, 1.807) is 6.08 Å². The second-order valence-corrected chi connectivity index (χ2v) is 17.1. The molecule has 0 unspecified atom stereocenters. The Labute approximate surface area is 302 Å². The molecule has 0 aliphatic heterocycles. The van der Waals surface area contributed by atoms with E-state index in [4.69, 9.17) is 13.3 Å². The fraction of sp³-hybridized carbons (Fsp3) is 0.976. The summed E-state index contributed by atoms with van der Waals surface area (Å²) in [6.45, 7) is 8.84. The lowest BCUT2D eigenvalue weighted by molar-refractivity contribution is 0.0706. The molecule has 0 N–H and O–H groups in total. The predicted octanol–water partition coefficient (Wildman–Crippen LogP) is 14.2. The van der Waals surface area contributed by atoms with Gasteiger partial charge in [-0.05, 0) is 33.6 Å². The minimum absolute atomic E-state index is 0.665. The van der Waals surface area contributed by atoms with E-state index in [0.29, 0.717) is 26.4 Å². The Bertz CT molecular complexity index is 641. The van der Waals surface area contributed by atoms with Gasteiger partial charge in [-0.3, -0.25) is 0 Å². The number of unbranched alkanes of at least 4 members (excludes halogenated alkanes) is 32. The van der Waals surface area contributed by atoms with Crippen LogP contribution in [0.2, 0.25) is 6.04 Å². The second-order valence-electron chi connectivity index (χ2n) is 14.4. The van der Waals surface area contributed by atoms with Gasteiger partial charge in [-0.25, -0.2) is 9.79 Å². The molecule has 0 aromatic heterocycles. The molecule has 0 aromatic carbocycles. The van der Waals surface area contributed by atoms with Crippen LogP contribution < -0.4 is 0 Å². The first kappa shape index (κ1) is 47.5. The largest absolute Gasteiger partial charge is 0.500 e. The van der Waals surface area contributed by atoms with Crippen molar-refractivity contribution in [3.8, 4) is 0 Å². The van der Waals surface area contributed by atoms with Crippen molar-refractivity contribution in [2.45, 2.75) is 239 Å². The van der Waals surface area contributed by atoms with Crippen molar-refractivity contribution >= 4 is 14.9 Å². The molecule has 0 saturated carbocycles. The third-order valence-corrected chi connectivity index (χ3v) is 13.1. The number of hydrogen-bond acceptors (Lipinski definition) is 5. The Morgan fingerprint density at radius 2 is 0.562 bits per heavy atom. The SMILES string of the molecule is CCO[Si](CCCCCCCCCCCCCCCCCCCCCCCCCCCCCCCCCCCN=C=O)(OCC)OCC. The molecular weight excluding hydrogens is 611 g/mol. The Balaban J connectivity index is 3.21. The first-order chi connectivity index (χ1) is 23.7. The third kappa shape index (κ3) is 35.3. The number of aliphatic imine (C=N–C) groups is 1. The van der Waals surface area contributed by atoms with Crippen LogP contribution in [0.25, 0.3) is 0 Å². The van der Waals surface area contributed by atoms with Crippen molar-refractivity contribution in [1.29, 1.82) is 0 Å². The van der Waals surface area contributed by atoms with Crippen molar-refractivity contribution in [2.75, 3.05) is 26.4 Å². The van der Waals surface area contributed by atoms with E-state index in [2.05, 4.69) is 4.99 Å². The fourth-order valence-corrected chi connectivity index (χ4v) is 9.74. The van der Waals surface area contributed by atoms with Gasteiger partial charge in [0.15, 0.2) is 0 Å². The minimum Gasteiger partial charge on any atom is -0.374 e. The summed E-state index contributed by atoms with van der Waals surface area (Å²) < 4.78 is 17.9. The molecule has 0 fully saturated rings. The van der Waals surface area contributed by atoms with Crippen molar-refractivity contribution < 1.29 is 18.1 Å². The summed E-state index contributed by atoms with van der Waals surface area (Å²) in [5.41, 5.74) is 0. The molecule has 0 spiro atoms. The van der Waals surface area contributed by atoms with Gasteiger partial charge in [0, 0.05) is 25.9 Å². The Morgan fingerprint density at radius 1 is 0.354 bits per heavy atom. The normalized spacial score (nSPS) is 11.7. The van der Waals surface area contributed by atoms with E-state index in [0.717, 1.165) is 12.5 Å². The number of carbonyl (C=O) groups excluding carboxylic acids is 1. The van der Waals surface area contributed by atoms with Gasteiger partial charge in [0.05, 0.1) is 6.54 Å². The molecule has 0 aromatic rings. The fourth-order valence-electron chi connectivity index (χ4n) is 7.06. The standard InChI is InChI=1S/C42H85NO4Si/c1-4-45-48(46-5-2,47-6-3)41-39-37-35-33-31-29-27-25-23-21-19-17-15-13-11-9-7-8-10-12-14-16-18-20-22-24-26-28-30-32-34-36-38-40-43-42-44/h4-41H2,1-3H3. The number of isocyanates is 1. The molecule has 6 heteroatoms. The Kier molecular flexibility index (Phi) is 40.5. The highest BCUT2D eigenvalue weighted by atomic mass is 28.4. The molecule has 0 heterocycles. The maximum atomic E-state index is 10.0. The van der Waals surface area contributed by atoms with Gasteiger partial charge >= 0.3 is 8.80 Å². The monoisotopic (exact) mass is 696 g/mol. The van der Waals surface area contributed by atoms with Gasteiger partial charge in [-0.1, -0.05) is 199 Å². The third-order valence-electron chi connectivity index (χ3n) is 9.91. The van der Waals surface area contributed by atoms with E-state index < -0.39 is 8.80 Å². The molecular formula is C42H85NO4Si. The predicted molar refractivity (Wildman–Crippen MR) is 211 cm³/mol. The van der Waals surface area contributed by atoms with Crippen LogP contribution in [0.4, 0.5) is 0 Å². The topological polar surface area (TPSA) is 57.1 Å². The first-order valence-corrected chi connectivity index (χ1v) is 23.6. The smallest absolute Gasteiger partial charge is 0.374 e. The van der Waals surface area contributed by atoms with Gasteiger partial charge in [-0.15, -0.1) is 0 Å². The second kappa shape index (κ2) is 40.9. The average Bonchev–Trinajstić information content (AvgIpc) is 3.08. The zero-order valence-electron chi connectivity index (χ0n) is 33.0. The zero-order chi connectivity index (χ0) is 34.9. The van der Waals surface area contributed by atoms with Crippen LogP contribution in [0.5, 0.6) is 0 Å². The highest BCUT2D eigenvalue weighted by molar-refractivity contribution is 6.60. The highest BCUT2D eigenvalue weighted by Gasteiger charge is 2.39. The van der Waals surface area contributed by atoms with Crippen LogP contribution in [-0.4, -0.2) is 41.2 Å². The van der Waals surface area contributed by atoms with Crippen molar-refractivity contribution in [3.05, 3.63) is 0 Å². The summed E-state index contributed by atoms with van der Waals surface area (Å²) >= 11 is 0. The van der Waals surface area contributed by atoms with Crippen LogP contribution in [0.15, 0.2) is 4.99 Å². The van der Waals surface area contributed by atoms with E-state index in [9.17, 15) is 4.79 Å². The van der Waals surface area contributed by atoms with Gasteiger partial charge in [-0.2, -0.15) is 0 Å². The molecule has 0 radical (unpaired) electrons. The number of hydrogen-bond donors (Lipinski definition) is 0. The van der Waals surface area contributed by atoms with Crippen LogP contribution in [0.3, 0.4) is 0 Å². The molecule has 0 rings (SSSR count). The van der Waals surface area contributed by atoms with Crippen LogP contribution in [-0.2, 0) is 18.1 Å². The molecule has 48 heavy (non-hydrogen) atoms. The summed E-state index contributed by atoms with van der Waals surface area (Å²) in [6, 6.07) is 0.969. The minimum atomic E-state index is -2.43. The van der Waals surface area contributed by atoms with Crippen LogP contribution in [0, 0.1) is 0 Å². The first-order valence-electron chi connectivity index (χ1n) is 21.7. The van der Waals surface area contributed by atoms with Crippen LogP contribution >= 0.6 is 0 Å². The van der Waals surface area contributed by atoms with E-state index in [1.165, 1.54) is 205 Å². The maximum Gasteiger partial charge on any atom is 0.500 e. The van der Waals surface area contributed by atoms with E-state index in [1.807, 2.05) is 20.8 Å². The summed E-state index contributed by atoms with van der Waals surface area (Å²) in [4.78, 5) is 13.6. The molecule has 0 atom stereocenters. The zero-order valence-corrected chi connectivity index (χ0v) is 34.0. The summed E-state index contributed by atoms with van der Waals surface area (Å²) in [5.74, 6) is 0. The summed E-state index contributed by atoms with van der Waals surface area (Å²) in [5, 5.41) is 0. The average molecular weight is 696 g/mol. The van der Waals surface area contributed by atoms with Crippen molar-refractivity contribution in [2.24, 2.45) is 4.99 Å². The van der Waals surface area contributed by atoms with Gasteiger partial charge in [0.1, 0.15) is 0 Å². The molecule has 0 aliphatic carbocycles. The Morgan fingerprint density at radius 3 is 0.771 bits per heavy atom. The molecule has 0 bridgehead atoms. The van der Waals surface area contributed by atoms with Gasteiger partial charge in [0.25, 0.3) is 0 Å². The lowest BCUT2D eigenvalue weighted by atomic mass is 10.0. The molecule has 5 nitrogen and oxygen atoms in total. The van der Waals surface area contributed by atoms with Crippen molar-refractivity contribution in [1.82, 2.24) is 0 Å². The van der Waals surface area contributed by atoms with E-state index in [-0.39, 0.29) is 0 Å². The summed E-state index contributed by atoms with van der Waals surface area (Å²) in [7, 11) is -2.43. The number of rotatable bonds is 42. The van der Waals surface area contributed by atoms with Crippen LogP contribution in [0.1, 0.15) is 233 Å². The molecule has 0 amide bonds. The number of nitrogens with zero attached hydrogens (tertiary/aromatic N) is 1. The molecule has 0 aliphatic rings. The summed E-state index contributed by atoms with van der Waals surface area (Å²) in [6.07, 6.45) is 47.8.